The van der Waals surface area contributed by atoms with Crippen molar-refractivity contribution < 1.29 is 4.79 Å². The number of carbonyl (C=O) groups is 1. The van der Waals surface area contributed by atoms with E-state index < -0.39 is 0 Å². The fourth-order valence-electron chi connectivity index (χ4n) is 1.45. The first-order chi connectivity index (χ1) is 7.59. The lowest BCUT2D eigenvalue weighted by atomic mass is 10.2. The number of halogens is 1. The monoisotopic (exact) mass is 239 g/mol. The largest absolute Gasteiger partial charge is 0.290 e. The lowest BCUT2D eigenvalue weighted by Gasteiger charge is -1.99. The smallest absolute Gasteiger partial charge is 0.205 e. The second-order valence-electron chi connectivity index (χ2n) is 3.40. The van der Waals surface area contributed by atoms with Crippen LogP contribution < -0.4 is 0 Å². The summed E-state index contributed by atoms with van der Waals surface area (Å²) >= 11 is 6.04. The van der Waals surface area contributed by atoms with Gasteiger partial charge < -0.3 is 0 Å². The van der Waals surface area contributed by atoms with Crippen LogP contribution in [0.5, 0.6) is 0 Å². The lowest BCUT2D eigenvalue weighted by molar-refractivity contribution is 0.0981. The van der Waals surface area contributed by atoms with Crippen LogP contribution >= 0.6 is 11.6 Å². The van der Waals surface area contributed by atoms with Crippen molar-refractivity contribution in [3.05, 3.63) is 28.6 Å². The summed E-state index contributed by atoms with van der Waals surface area (Å²) in [6, 6.07) is 0. The molecule has 0 fully saturated rings. The van der Waals surface area contributed by atoms with Crippen molar-refractivity contribution in [1.29, 1.82) is 0 Å². The molecule has 2 aromatic rings. The molecule has 2 aromatic heterocycles. The fourth-order valence-corrected chi connectivity index (χ4v) is 1.67. The highest BCUT2D eigenvalue weighted by Gasteiger charge is 2.17. The molecule has 0 aromatic carbocycles. The number of aromatic amines is 1. The summed E-state index contributed by atoms with van der Waals surface area (Å²) in [6.07, 6.45) is 1.45. The molecule has 7 heteroatoms. The molecule has 0 bridgehead atoms. The van der Waals surface area contributed by atoms with Crippen molar-refractivity contribution in [3.8, 4) is 0 Å². The molecule has 0 radical (unpaired) electrons. The van der Waals surface area contributed by atoms with E-state index in [9.17, 15) is 4.79 Å². The zero-order valence-corrected chi connectivity index (χ0v) is 9.62. The molecule has 0 aliphatic rings. The number of hydrogen-bond donors (Lipinski definition) is 1. The first-order valence-corrected chi connectivity index (χ1v) is 5.04. The molecule has 2 heterocycles. The molecule has 16 heavy (non-hydrogen) atoms. The second-order valence-corrected chi connectivity index (χ2v) is 3.78. The van der Waals surface area contributed by atoms with E-state index in [1.807, 2.05) is 0 Å². The van der Waals surface area contributed by atoms with Crippen LogP contribution in [-0.2, 0) is 13.5 Å². The average Bonchev–Trinajstić information content (AvgIpc) is 2.83. The van der Waals surface area contributed by atoms with Gasteiger partial charge in [0.15, 0.2) is 5.82 Å². The standard InChI is InChI=1S/C9H10ClN5O/c1-5-8(10)6(15(2)14-5)3-7(16)9-11-4-12-13-9/h4H,3H2,1-2H3,(H,11,12,13). The Kier molecular flexibility index (Phi) is 2.74. The maximum absolute atomic E-state index is 11.8. The number of aromatic nitrogens is 5. The van der Waals surface area contributed by atoms with Crippen molar-refractivity contribution in [2.75, 3.05) is 0 Å². The van der Waals surface area contributed by atoms with Crippen LogP contribution in [-0.4, -0.2) is 30.7 Å². The third-order valence-electron chi connectivity index (χ3n) is 2.27. The highest BCUT2D eigenvalue weighted by molar-refractivity contribution is 6.32. The minimum Gasteiger partial charge on any atom is -0.290 e. The van der Waals surface area contributed by atoms with Crippen molar-refractivity contribution in [2.45, 2.75) is 13.3 Å². The molecule has 0 aliphatic heterocycles. The molecule has 84 valence electrons. The number of H-pyrrole nitrogens is 1. The number of carbonyl (C=O) groups excluding carboxylic acids is 1. The van der Waals surface area contributed by atoms with Gasteiger partial charge >= 0.3 is 0 Å². The summed E-state index contributed by atoms with van der Waals surface area (Å²) in [5, 5.41) is 10.8. The Balaban J connectivity index is 2.25. The predicted molar refractivity (Wildman–Crippen MR) is 57.4 cm³/mol. The number of hydrogen-bond acceptors (Lipinski definition) is 4. The zero-order valence-electron chi connectivity index (χ0n) is 8.86. The second kappa shape index (κ2) is 4.05. The van der Waals surface area contributed by atoms with Crippen LogP contribution in [0.15, 0.2) is 6.33 Å². The number of nitrogens with one attached hydrogen (secondary N) is 1. The van der Waals surface area contributed by atoms with E-state index in [4.69, 9.17) is 11.6 Å². The molecule has 6 nitrogen and oxygen atoms in total. The summed E-state index contributed by atoms with van der Waals surface area (Å²) in [5.74, 6) is 0.0670. The van der Waals surface area contributed by atoms with Gasteiger partial charge in [-0.25, -0.2) is 4.98 Å². The normalized spacial score (nSPS) is 10.7. The van der Waals surface area contributed by atoms with Gasteiger partial charge in [0.25, 0.3) is 0 Å². The third kappa shape index (κ3) is 1.83. The Bertz CT molecular complexity index is 516. The van der Waals surface area contributed by atoms with Gasteiger partial charge in [-0.05, 0) is 6.92 Å². The summed E-state index contributed by atoms with van der Waals surface area (Å²) in [6.45, 7) is 1.80. The molecule has 0 amide bonds. The average molecular weight is 240 g/mol. The van der Waals surface area contributed by atoms with Gasteiger partial charge in [-0.1, -0.05) is 11.6 Å². The minimum absolute atomic E-state index is 0.158. The van der Waals surface area contributed by atoms with Crippen molar-refractivity contribution in [2.24, 2.45) is 7.05 Å². The number of rotatable bonds is 3. The van der Waals surface area contributed by atoms with E-state index in [0.717, 1.165) is 0 Å². The lowest BCUT2D eigenvalue weighted by Crippen LogP contribution is -2.09. The third-order valence-corrected chi connectivity index (χ3v) is 2.76. The van der Waals surface area contributed by atoms with Crippen LogP contribution in [0.1, 0.15) is 22.0 Å². The Hall–Kier alpha value is -1.69. The Morgan fingerprint density at radius 2 is 2.38 bits per heavy atom. The van der Waals surface area contributed by atoms with Crippen LogP contribution in [0.4, 0.5) is 0 Å². The highest BCUT2D eigenvalue weighted by atomic mass is 35.5. The Morgan fingerprint density at radius 1 is 1.62 bits per heavy atom. The molecule has 0 saturated heterocycles. The van der Waals surface area contributed by atoms with E-state index in [1.165, 1.54) is 6.33 Å². The molecule has 1 N–H and O–H groups in total. The highest BCUT2D eigenvalue weighted by Crippen LogP contribution is 2.20. The van der Waals surface area contributed by atoms with Crippen molar-refractivity contribution in [1.82, 2.24) is 25.0 Å². The number of ketones is 1. The van der Waals surface area contributed by atoms with Crippen LogP contribution in [0.2, 0.25) is 5.02 Å². The molecular weight excluding hydrogens is 230 g/mol. The van der Waals surface area contributed by atoms with Gasteiger partial charge in [0.1, 0.15) is 6.33 Å². The van der Waals surface area contributed by atoms with Gasteiger partial charge in [0.05, 0.1) is 22.8 Å². The first-order valence-electron chi connectivity index (χ1n) is 4.66. The molecule has 0 atom stereocenters. The van der Waals surface area contributed by atoms with E-state index in [0.29, 0.717) is 16.4 Å². The zero-order chi connectivity index (χ0) is 11.7. The number of Topliss-reactive ketones (excluding diaryl/α,β-unsaturated/α-hetero) is 1. The predicted octanol–water partition coefficient (Wildman–Crippen LogP) is 0.925. The SMILES string of the molecule is Cc1nn(C)c(CC(=O)c2ncn[nH]2)c1Cl. The molecular formula is C9H10ClN5O. The maximum atomic E-state index is 11.8. The summed E-state index contributed by atoms with van der Waals surface area (Å²) in [4.78, 5) is 15.5. The number of aryl methyl sites for hydroxylation is 2. The van der Waals surface area contributed by atoms with E-state index in [1.54, 1.807) is 18.7 Å². The van der Waals surface area contributed by atoms with Crippen LogP contribution in [0.25, 0.3) is 0 Å². The van der Waals surface area contributed by atoms with E-state index in [-0.39, 0.29) is 18.0 Å². The van der Waals surface area contributed by atoms with Gasteiger partial charge in [-0.3, -0.25) is 14.6 Å². The Labute approximate surface area is 96.6 Å². The molecule has 2 rings (SSSR count). The summed E-state index contributed by atoms with van der Waals surface area (Å²) in [5.41, 5.74) is 1.39. The van der Waals surface area contributed by atoms with Crippen LogP contribution in [0, 0.1) is 6.92 Å². The van der Waals surface area contributed by atoms with Crippen LogP contribution in [0.3, 0.4) is 0 Å². The molecule has 0 spiro atoms. The quantitative estimate of drug-likeness (QED) is 0.809. The van der Waals surface area contributed by atoms with Gasteiger partial charge in [-0.15, -0.1) is 0 Å². The Morgan fingerprint density at radius 3 is 2.88 bits per heavy atom. The van der Waals surface area contributed by atoms with E-state index >= 15 is 0 Å². The van der Waals surface area contributed by atoms with Gasteiger partial charge in [-0.2, -0.15) is 10.2 Å². The summed E-state index contributed by atoms with van der Waals surface area (Å²) in [7, 11) is 1.75. The minimum atomic E-state index is -0.164. The number of nitrogens with zero attached hydrogens (tertiary/aromatic N) is 4. The maximum Gasteiger partial charge on any atom is 0.205 e. The molecule has 0 saturated carbocycles. The first kappa shape index (κ1) is 10.8. The van der Waals surface area contributed by atoms with Crippen molar-refractivity contribution >= 4 is 17.4 Å². The summed E-state index contributed by atoms with van der Waals surface area (Å²) < 4.78 is 1.60. The van der Waals surface area contributed by atoms with Gasteiger partial charge in [0.2, 0.25) is 5.78 Å². The molecule has 0 aliphatic carbocycles. The fraction of sp³-hybridized carbons (Fsp3) is 0.333. The van der Waals surface area contributed by atoms with E-state index in [2.05, 4.69) is 20.3 Å². The van der Waals surface area contributed by atoms with Crippen molar-refractivity contribution in [3.63, 3.8) is 0 Å². The topological polar surface area (TPSA) is 76.5 Å². The van der Waals surface area contributed by atoms with Gasteiger partial charge in [0, 0.05) is 7.05 Å². The molecule has 0 unspecified atom stereocenters.